The fourth-order valence-electron chi connectivity index (χ4n) is 3.52. The van der Waals surface area contributed by atoms with Gasteiger partial charge in [-0.15, -0.1) is 0 Å². The van der Waals surface area contributed by atoms with E-state index in [-0.39, 0.29) is 12.5 Å². The third-order valence-corrected chi connectivity index (χ3v) is 5.58. The quantitative estimate of drug-likeness (QED) is 0.282. The smallest absolute Gasteiger partial charge is 0.267 e. The molecule has 1 heterocycles. The highest BCUT2D eigenvalue weighted by Crippen LogP contribution is 2.22. The number of hydrogen-bond donors (Lipinski definition) is 5. The Kier molecular flexibility index (Phi) is 8.50. The molecule has 0 bridgehead atoms. The van der Waals surface area contributed by atoms with Gasteiger partial charge < -0.3 is 21.3 Å². The SMILES string of the molecule is CN1CCN(CC(=O)Nc2ccc(-c3ccc(C(=O)N[C@@H](CN)C(=O)NO)cc3)cc2)CC1. The standard InChI is InChI=1S/C23H30N6O4/c1-28-10-12-29(13-11-28)15-21(30)25-19-8-6-17(7-9-19)16-2-4-18(5-3-16)22(31)26-20(14-24)23(32)27-33/h2-9,20,33H,10-15,24H2,1H3,(H,25,30)(H,26,31)(H,27,32)/t20-/m0/s1. The van der Waals surface area contributed by atoms with E-state index < -0.39 is 17.9 Å². The van der Waals surface area contributed by atoms with Gasteiger partial charge in [0, 0.05) is 44.0 Å². The molecule has 0 saturated carbocycles. The molecule has 10 heteroatoms. The molecule has 0 aliphatic carbocycles. The van der Waals surface area contributed by atoms with Gasteiger partial charge in [0.15, 0.2) is 0 Å². The third kappa shape index (κ3) is 6.83. The molecule has 2 aromatic rings. The van der Waals surface area contributed by atoms with Gasteiger partial charge in [-0.1, -0.05) is 24.3 Å². The maximum absolute atomic E-state index is 12.3. The summed E-state index contributed by atoms with van der Waals surface area (Å²) < 4.78 is 0. The van der Waals surface area contributed by atoms with Crippen molar-refractivity contribution in [1.82, 2.24) is 20.6 Å². The molecule has 0 spiro atoms. The predicted octanol–water partition coefficient (Wildman–Crippen LogP) is 0.102. The molecule has 0 radical (unpaired) electrons. The van der Waals surface area contributed by atoms with E-state index in [9.17, 15) is 14.4 Å². The van der Waals surface area contributed by atoms with Crippen molar-refractivity contribution >= 4 is 23.4 Å². The van der Waals surface area contributed by atoms with E-state index in [4.69, 9.17) is 10.9 Å². The van der Waals surface area contributed by atoms with Crippen LogP contribution in [0, 0.1) is 0 Å². The lowest BCUT2D eigenvalue weighted by Crippen LogP contribution is -2.50. The Bertz CT molecular complexity index is 956. The van der Waals surface area contributed by atoms with Gasteiger partial charge >= 0.3 is 0 Å². The van der Waals surface area contributed by atoms with Crippen molar-refractivity contribution in [3.8, 4) is 11.1 Å². The number of nitrogens with two attached hydrogens (primary N) is 1. The molecule has 1 aliphatic rings. The average molecular weight is 455 g/mol. The second-order valence-corrected chi connectivity index (χ2v) is 8.02. The van der Waals surface area contributed by atoms with Crippen LogP contribution in [0.5, 0.6) is 0 Å². The molecule has 6 N–H and O–H groups in total. The summed E-state index contributed by atoms with van der Waals surface area (Å²) in [7, 11) is 2.08. The first-order valence-electron chi connectivity index (χ1n) is 10.8. The number of carbonyl (C=O) groups excluding carboxylic acids is 3. The van der Waals surface area contributed by atoms with Crippen LogP contribution in [0.25, 0.3) is 11.1 Å². The summed E-state index contributed by atoms with van der Waals surface area (Å²) in [4.78, 5) is 40.5. The zero-order valence-corrected chi connectivity index (χ0v) is 18.6. The normalized spacial score (nSPS) is 15.5. The van der Waals surface area contributed by atoms with Gasteiger partial charge in [0.1, 0.15) is 6.04 Å². The number of hydroxylamine groups is 1. The molecule has 3 rings (SSSR count). The number of rotatable bonds is 8. The van der Waals surface area contributed by atoms with Crippen LogP contribution < -0.4 is 21.8 Å². The van der Waals surface area contributed by atoms with Crippen LogP contribution in [0.2, 0.25) is 0 Å². The summed E-state index contributed by atoms with van der Waals surface area (Å²) in [5, 5.41) is 14.1. The van der Waals surface area contributed by atoms with Gasteiger partial charge in [-0.2, -0.15) is 0 Å². The number of hydrogen-bond acceptors (Lipinski definition) is 7. The molecule has 10 nitrogen and oxygen atoms in total. The van der Waals surface area contributed by atoms with Crippen molar-refractivity contribution in [3.63, 3.8) is 0 Å². The van der Waals surface area contributed by atoms with Crippen LogP contribution >= 0.6 is 0 Å². The maximum atomic E-state index is 12.3. The Hall–Kier alpha value is -3.31. The fourth-order valence-corrected chi connectivity index (χ4v) is 3.52. The molecule has 1 atom stereocenters. The van der Waals surface area contributed by atoms with E-state index in [2.05, 4.69) is 27.5 Å². The predicted molar refractivity (Wildman–Crippen MR) is 125 cm³/mol. The molecule has 3 amide bonds. The van der Waals surface area contributed by atoms with Crippen LogP contribution in [-0.2, 0) is 9.59 Å². The molecule has 0 aromatic heterocycles. The van der Waals surface area contributed by atoms with E-state index in [1.807, 2.05) is 24.3 Å². The van der Waals surface area contributed by atoms with Gasteiger partial charge in [0.05, 0.1) is 6.54 Å². The van der Waals surface area contributed by atoms with Crippen molar-refractivity contribution in [2.75, 3.05) is 51.6 Å². The van der Waals surface area contributed by atoms with E-state index in [1.54, 1.807) is 24.3 Å². The lowest BCUT2D eigenvalue weighted by molar-refractivity contribution is -0.130. The Morgan fingerprint density at radius 2 is 1.55 bits per heavy atom. The summed E-state index contributed by atoms with van der Waals surface area (Å²) in [5.74, 6) is -1.29. The zero-order valence-electron chi connectivity index (χ0n) is 18.6. The lowest BCUT2D eigenvalue weighted by Gasteiger charge is -2.31. The van der Waals surface area contributed by atoms with Crippen LogP contribution in [0.15, 0.2) is 48.5 Å². The van der Waals surface area contributed by atoms with Crippen molar-refractivity contribution in [3.05, 3.63) is 54.1 Å². The van der Waals surface area contributed by atoms with E-state index in [0.717, 1.165) is 43.0 Å². The minimum atomic E-state index is -1.03. The van der Waals surface area contributed by atoms with Crippen molar-refractivity contribution in [1.29, 1.82) is 0 Å². The van der Waals surface area contributed by atoms with Gasteiger partial charge in [0.2, 0.25) is 5.91 Å². The topological polar surface area (TPSA) is 140 Å². The van der Waals surface area contributed by atoms with Crippen molar-refractivity contribution in [2.24, 2.45) is 5.73 Å². The van der Waals surface area contributed by atoms with E-state index in [1.165, 1.54) is 5.48 Å². The Labute approximate surface area is 192 Å². The number of anilines is 1. The van der Waals surface area contributed by atoms with Gasteiger partial charge in [0.25, 0.3) is 11.8 Å². The molecule has 1 saturated heterocycles. The highest BCUT2D eigenvalue weighted by molar-refractivity contribution is 5.98. The van der Waals surface area contributed by atoms with Crippen molar-refractivity contribution in [2.45, 2.75) is 6.04 Å². The molecule has 33 heavy (non-hydrogen) atoms. The molecular formula is C23H30N6O4. The van der Waals surface area contributed by atoms with E-state index in [0.29, 0.717) is 12.1 Å². The first-order valence-corrected chi connectivity index (χ1v) is 10.8. The Balaban J connectivity index is 1.55. The number of nitrogens with one attached hydrogen (secondary N) is 3. The first-order chi connectivity index (χ1) is 15.9. The fraction of sp³-hybridized carbons (Fsp3) is 0.348. The minimum Gasteiger partial charge on any atom is -0.339 e. The number of piperazine rings is 1. The molecule has 1 aliphatic heterocycles. The monoisotopic (exact) mass is 454 g/mol. The largest absolute Gasteiger partial charge is 0.339 e. The van der Waals surface area contributed by atoms with Gasteiger partial charge in [-0.3, -0.25) is 24.5 Å². The summed E-state index contributed by atoms with van der Waals surface area (Å²) in [5.41, 5.74) is 9.84. The third-order valence-electron chi connectivity index (χ3n) is 5.58. The molecule has 2 aromatic carbocycles. The zero-order chi connectivity index (χ0) is 23.8. The second kappa shape index (κ2) is 11.5. The summed E-state index contributed by atoms with van der Waals surface area (Å²) in [6.07, 6.45) is 0. The highest BCUT2D eigenvalue weighted by atomic mass is 16.5. The van der Waals surface area contributed by atoms with Crippen LogP contribution in [0.1, 0.15) is 10.4 Å². The average Bonchev–Trinajstić information content (AvgIpc) is 2.84. The summed E-state index contributed by atoms with van der Waals surface area (Å²) in [6.45, 7) is 3.94. The Morgan fingerprint density at radius 1 is 0.970 bits per heavy atom. The second-order valence-electron chi connectivity index (χ2n) is 8.02. The molecular weight excluding hydrogens is 424 g/mol. The number of amides is 3. The molecule has 0 unspecified atom stereocenters. The van der Waals surface area contributed by atoms with Crippen molar-refractivity contribution < 1.29 is 19.6 Å². The van der Waals surface area contributed by atoms with Gasteiger partial charge in [-0.25, -0.2) is 5.48 Å². The molecule has 176 valence electrons. The summed E-state index contributed by atoms with van der Waals surface area (Å²) >= 11 is 0. The van der Waals surface area contributed by atoms with Crippen LogP contribution in [0.3, 0.4) is 0 Å². The van der Waals surface area contributed by atoms with Crippen LogP contribution in [0.4, 0.5) is 5.69 Å². The lowest BCUT2D eigenvalue weighted by atomic mass is 10.0. The first kappa shape index (κ1) is 24.3. The number of nitrogens with zero attached hydrogens (tertiary/aromatic N) is 2. The number of carbonyl (C=O) groups is 3. The summed E-state index contributed by atoms with van der Waals surface area (Å²) in [6, 6.07) is 13.3. The maximum Gasteiger partial charge on any atom is 0.267 e. The minimum absolute atomic E-state index is 0.0340. The number of likely N-dealkylation sites (N-methyl/N-ethyl adjacent to an activating group) is 1. The highest BCUT2D eigenvalue weighted by Gasteiger charge is 2.19. The van der Waals surface area contributed by atoms with Crippen LogP contribution in [-0.4, -0.2) is 85.1 Å². The van der Waals surface area contributed by atoms with E-state index >= 15 is 0 Å². The Morgan fingerprint density at radius 3 is 2.09 bits per heavy atom. The number of benzene rings is 2. The van der Waals surface area contributed by atoms with Gasteiger partial charge in [-0.05, 0) is 42.4 Å². The molecule has 1 fully saturated rings.